The number of hydrogen-bond donors (Lipinski definition) is 2. The molecule has 1 aliphatic carbocycles. The van der Waals surface area contributed by atoms with E-state index in [1.807, 2.05) is 0 Å². The van der Waals surface area contributed by atoms with Crippen LogP contribution in [0.15, 0.2) is 29.2 Å². The first-order valence-electron chi connectivity index (χ1n) is 7.78. The first-order chi connectivity index (χ1) is 10.1. The molecule has 0 heterocycles. The van der Waals surface area contributed by atoms with Gasteiger partial charge in [-0.25, -0.2) is 0 Å². The molecule has 116 valence electrons. The molecule has 3 N–H and O–H groups in total. The minimum absolute atomic E-state index is 0.0700. The van der Waals surface area contributed by atoms with Gasteiger partial charge in [-0.2, -0.15) is 0 Å². The highest BCUT2D eigenvalue weighted by Crippen LogP contribution is 2.29. The van der Waals surface area contributed by atoms with Crippen LogP contribution in [0.2, 0.25) is 0 Å². The first kappa shape index (κ1) is 16.4. The molecule has 0 spiro atoms. The maximum absolute atomic E-state index is 12.4. The lowest BCUT2D eigenvalue weighted by Gasteiger charge is -2.28. The summed E-state index contributed by atoms with van der Waals surface area (Å²) in [6.07, 6.45) is 6.20. The van der Waals surface area contributed by atoms with Crippen molar-refractivity contribution in [2.75, 3.05) is 12.8 Å². The normalized spacial score (nSPS) is 23.6. The Morgan fingerprint density at radius 3 is 2.43 bits per heavy atom. The van der Waals surface area contributed by atoms with E-state index in [4.69, 9.17) is 5.73 Å². The van der Waals surface area contributed by atoms with Crippen LogP contribution in [0.5, 0.6) is 0 Å². The van der Waals surface area contributed by atoms with Gasteiger partial charge in [-0.1, -0.05) is 12.1 Å². The SMILES string of the molecule is CSc1ccc(C(C)NC(=O)C2CCC(CN)CC2)cc1. The zero-order valence-electron chi connectivity index (χ0n) is 13.0. The lowest BCUT2D eigenvalue weighted by atomic mass is 9.81. The fraction of sp³-hybridized carbons (Fsp3) is 0.588. The van der Waals surface area contributed by atoms with Gasteiger partial charge in [-0.3, -0.25) is 4.79 Å². The van der Waals surface area contributed by atoms with E-state index in [0.29, 0.717) is 5.92 Å². The van der Waals surface area contributed by atoms with E-state index in [1.165, 1.54) is 4.90 Å². The van der Waals surface area contributed by atoms with Gasteiger partial charge in [-0.15, -0.1) is 11.8 Å². The minimum Gasteiger partial charge on any atom is -0.349 e. The predicted molar refractivity (Wildman–Crippen MR) is 89.3 cm³/mol. The molecule has 1 atom stereocenters. The largest absolute Gasteiger partial charge is 0.349 e. The number of rotatable bonds is 5. The second-order valence-corrected chi connectivity index (χ2v) is 6.84. The lowest BCUT2D eigenvalue weighted by Crippen LogP contribution is -2.35. The molecule has 3 nitrogen and oxygen atoms in total. The van der Waals surface area contributed by atoms with E-state index >= 15 is 0 Å². The van der Waals surface area contributed by atoms with Gasteiger partial charge in [0.15, 0.2) is 0 Å². The maximum atomic E-state index is 12.4. The third-order valence-electron chi connectivity index (χ3n) is 4.53. The third-order valence-corrected chi connectivity index (χ3v) is 5.27. The Morgan fingerprint density at radius 2 is 1.90 bits per heavy atom. The van der Waals surface area contributed by atoms with Gasteiger partial charge in [-0.05, 0) is 69.0 Å². The van der Waals surface area contributed by atoms with Crippen molar-refractivity contribution < 1.29 is 4.79 Å². The molecule has 1 unspecified atom stereocenters. The van der Waals surface area contributed by atoms with Crippen molar-refractivity contribution in [2.45, 2.75) is 43.5 Å². The van der Waals surface area contributed by atoms with Crippen molar-refractivity contribution in [3.63, 3.8) is 0 Å². The number of benzene rings is 1. The highest BCUT2D eigenvalue weighted by atomic mass is 32.2. The highest BCUT2D eigenvalue weighted by molar-refractivity contribution is 7.98. The van der Waals surface area contributed by atoms with E-state index in [2.05, 4.69) is 42.8 Å². The second-order valence-electron chi connectivity index (χ2n) is 5.96. The molecule has 0 aliphatic heterocycles. The summed E-state index contributed by atoms with van der Waals surface area (Å²) in [6, 6.07) is 8.48. The van der Waals surface area contributed by atoms with Crippen LogP contribution in [0, 0.1) is 11.8 Å². The summed E-state index contributed by atoms with van der Waals surface area (Å²) in [4.78, 5) is 13.6. The Kier molecular flexibility index (Phi) is 6.12. The average molecular weight is 306 g/mol. The van der Waals surface area contributed by atoms with E-state index in [0.717, 1.165) is 37.8 Å². The first-order valence-corrected chi connectivity index (χ1v) is 9.01. The average Bonchev–Trinajstić information content (AvgIpc) is 2.55. The Bertz CT molecular complexity index is 452. The number of thioether (sulfide) groups is 1. The maximum Gasteiger partial charge on any atom is 0.223 e. The monoisotopic (exact) mass is 306 g/mol. The van der Waals surface area contributed by atoms with Crippen LogP contribution < -0.4 is 11.1 Å². The van der Waals surface area contributed by atoms with E-state index < -0.39 is 0 Å². The molecule has 1 fully saturated rings. The molecule has 1 aromatic rings. The Balaban J connectivity index is 1.86. The molecular formula is C17H26N2OS. The summed E-state index contributed by atoms with van der Waals surface area (Å²) in [5.74, 6) is 0.984. The number of amides is 1. The van der Waals surface area contributed by atoms with E-state index in [-0.39, 0.29) is 17.9 Å². The topological polar surface area (TPSA) is 55.1 Å². The molecule has 0 bridgehead atoms. The van der Waals surface area contributed by atoms with Crippen molar-refractivity contribution in [3.05, 3.63) is 29.8 Å². The second kappa shape index (κ2) is 7.85. The molecule has 0 radical (unpaired) electrons. The van der Waals surface area contributed by atoms with Crippen LogP contribution in [0.25, 0.3) is 0 Å². The van der Waals surface area contributed by atoms with Crippen LogP contribution in [0.4, 0.5) is 0 Å². The fourth-order valence-electron chi connectivity index (χ4n) is 2.97. The Hall–Kier alpha value is -1.00. The molecule has 0 saturated heterocycles. The zero-order valence-corrected chi connectivity index (χ0v) is 13.8. The summed E-state index contributed by atoms with van der Waals surface area (Å²) in [6.45, 7) is 2.81. The number of hydrogen-bond acceptors (Lipinski definition) is 3. The van der Waals surface area contributed by atoms with Gasteiger partial charge in [0, 0.05) is 10.8 Å². The number of nitrogens with one attached hydrogen (secondary N) is 1. The van der Waals surface area contributed by atoms with Crippen LogP contribution in [-0.4, -0.2) is 18.7 Å². The molecule has 1 saturated carbocycles. The van der Waals surface area contributed by atoms with E-state index in [9.17, 15) is 4.79 Å². The fourth-order valence-corrected chi connectivity index (χ4v) is 3.38. The lowest BCUT2D eigenvalue weighted by molar-refractivity contribution is -0.126. The van der Waals surface area contributed by atoms with Crippen molar-refractivity contribution >= 4 is 17.7 Å². The quantitative estimate of drug-likeness (QED) is 0.820. The van der Waals surface area contributed by atoms with Gasteiger partial charge in [0.1, 0.15) is 0 Å². The Morgan fingerprint density at radius 1 is 1.29 bits per heavy atom. The molecule has 0 aromatic heterocycles. The minimum atomic E-state index is 0.0700. The highest BCUT2D eigenvalue weighted by Gasteiger charge is 2.26. The predicted octanol–water partition coefficient (Wildman–Crippen LogP) is 3.35. The van der Waals surface area contributed by atoms with Crippen molar-refractivity contribution in [1.82, 2.24) is 5.32 Å². The van der Waals surface area contributed by atoms with Crippen molar-refractivity contribution in [3.8, 4) is 0 Å². The molecular weight excluding hydrogens is 280 g/mol. The summed E-state index contributed by atoms with van der Waals surface area (Å²) in [7, 11) is 0. The van der Waals surface area contributed by atoms with Crippen molar-refractivity contribution in [2.24, 2.45) is 17.6 Å². The summed E-state index contributed by atoms with van der Waals surface area (Å²) >= 11 is 1.73. The summed E-state index contributed by atoms with van der Waals surface area (Å²) < 4.78 is 0. The molecule has 2 rings (SSSR count). The van der Waals surface area contributed by atoms with Crippen LogP contribution in [0.1, 0.15) is 44.2 Å². The number of nitrogens with two attached hydrogens (primary N) is 1. The summed E-state index contributed by atoms with van der Waals surface area (Å²) in [5.41, 5.74) is 6.87. The van der Waals surface area contributed by atoms with Gasteiger partial charge in [0.2, 0.25) is 5.91 Å². The van der Waals surface area contributed by atoms with Crippen LogP contribution in [-0.2, 0) is 4.79 Å². The van der Waals surface area contributed by atoms with E-state index in [1.54, 1.807) is 11.8 Å². The van der Waals surface area contributed by atoms with Crippen LogP contribution in [0.3, 0.4) is 0 Å². The number of carbonyl (C=O) groups excluding carboxylic acids is 1. The zero-order chi connectivity index (χ0) is 15.2. The third kappa shape index (κ3) is 4.48. The molecule has 21 heavy (non-hydrogen) atoms. The van der Waals surface area contributed by atoms with Gasteiger partial charge in [0.25, 0.3) is 0 Å². The van der Waals surface area contributed by atoms with Crippen LogP contribution >= 0.6 is 11.8 Å². The van der Waals surface area contributed by atoms with Gasteiger partial charge < -0.3 is 11.1 Å². The van der Waals surface area contributed by atoms with Crippen molar-refractivity contribution in [1.29, 1.82) is 0 Å². The van der Waals surface area contributed by atoms with Gasteiger partial charge in [0.05, 0.1) is 6.04 Å². The summed E-state index contributed by atoms with van der Waals surface area (Å²) in [5, 5.41) is 3.16. The molecule has 4 heteroatoms. The molecule has 1 amide bonds. The number of carbonyl (C=O) groups is 1. The Labute approximate surface area is 132 Å². The molecule has 1 aliphatic rings. The smallest absolute Gasteiger partial charge is 0.223 e. The molecule has 1 aromatic carbocycles. The standard InChI is InChI=1S/C17H26N2OS/c1-12(14-7-9-16(21-2)10-8-14)19-17(20)15-5-3-13(11-18)4-6-15/h7-10,12-13,15H,3-6,11,18H2,1-2H3,(H,19,20). The van der Waals surface area contributed by atoms with Gasteiger partial charge >= 0.3 is 0 Å².